The van der Waals surface area contributed by atoms with Crippen molar-refractivity contribution in [3.8, 4) is 5.75 Å². The lowest BCUT2D eigenvalue weighted by Gasteiger charge is -2.49. The van der Waals surface area contributed by atoms with E-state index in [1.807, 2.05) is 30.3 Å². The van der Waals surface area contributed by atoms with Crippen LogP contribution in [0.4, 0.5) is 0 Å². The van der Waals surface area contributed by atoms with Crippen molar-refractivity contribution < 1.29 is 37.1 Å². The van der Waals surface area contributed by atoms with Crippen molar-refractivity contribution >= 4 is 51.0 Å². The van der Waals surface area contributed by atoms with E-state index in [0.29, 0.717) is 45.9 Å². The summed E-state index contributed by atoms with van der Waals surface area (Å²) in [5.41, 5.74) is 5.51. The third kappa shape index (κ3) is 9.02. The molecular weight excluding hydrogens is 741 g/mol. The van der Waals surface area contributed by atoms with Gasteiger partial charge in [0.05, 0.1) is 37.5 Å². The number of hydroxylamine groups is 1. The fourth-order valence-electron chi connectivity index (χ4n) is 7.15. The number of nitrogens with zero attached hydrogens (tertiary/aromatic N) is 1. The van der Waals surface area contributed by atoms with Crippen LogP contribution in [0.15, 0.2) is 91.0 Å². The van der Waals surface area contributed by atoms with E-state index in [-0.39, 0.29) is 29.7 Å². The van der Waals surface area contributed by atoms with Crippen molar-refractivity contribution in [2.75, 3.05) is 13.4 Å². The lowest BCUT2D eigenvalue weighted by Crippen LogP contribution is -2.59. The quantitative estimate of drug-likeness (QED) is 0.119. The number of nitrogens with one attached hydrogen (secondary N) is 2. The fourth-order valence-corrected chi connectivity index (χ4v) is 8.49. The van der Waals surface area contributed by atoms with Gasteiger partial charge in [-0.1, -0.05) is 84.6 Å². The first kappa shape index (κ1) is 38.3. The Kier molecular flexibility index (Phi) is 12.1. The highest BCUT2D eigenvalue weighted by molar-refractivity contribution is 7.88. The van der Waals surface area contributed by atoms with E-state index in [9.17, 15) is 22.8 Å². The van der Waals surface area contributed by atoms with Crippen LogP contribution < -0.4 is 14.9 Å². The van der Waals surface area contributed by atoms with E-state index in [4.69, 9.17) is 37.5 Å². The molecule has 0 radical (unpaired) electrons. The van der Waals surface area contributed by atoms with Crippen LogP contribution in [0.1, 0.15) is 80.6 Å². The SMILES string of the molecule is COC(=O)c1cccc(CONC(=O)[C@@H]2c3cc(OCc4ccccc4)ccc3C(=O)N([C@H]3CCCC[C@@H]3NS(C)(=O)=O)[C@H]2c2ccc(Cl)cc2Cl)c1. The molecule has 2 aliphatic rings. The Morgan fingerprint density at radius 1 is 0.868 bits per heavy atom. The Morgan fingerprint density at radius 2 is 1.62 bits per heavy atom. The number of rotatable bonds is 12. The zero-order chi connectivity index (χ0) is 37.7. The molecular formula is C39H39Cl2N3O8S. The number of carbonyl (C=O) groups is 3. The summed E-state index contributed by atoms with van der Waals surface area (Å²) in [5.74, 6) is -2.17. The number of methoxy groups -OCH3 is 1. The molecule has 14 heteroatoms. The second-order valence-electron chi connectivity index (χ2n) is 13.1. The van der Waals surface area contributed by atoms with E-state index >= 15 is 0 Å². The number of hydrogen-bond acceptors (Lipinski definition) is 8. The number of esters is 1. The van der Waals surface area contributed by atoms with Crippen LogP contribution in [0.25, 0.3) is 0 Å². The molecule has 1 aliphatic heterocycles. The van der Waals surface area contributed by atoms with Crippen LogP contribution >= 0.6 is 23.2 Å². The molecule has 53 heavy (non-hydrogen) atoms. The van der Waals surface area contributed by atoms with Crippen molar-refractivity contribution in [1.82, 2.24) is 15.1 Å². The summed E-state index contributed by atoms with van der Waals surface area (Å²) in [6, 6.07) is 23.8. The molecule has 2 N–H and O–H groups in total. The van der Waals surface area contributed by atoms with Gasteiger partial charge in [-0.15, -0.1) is 0 Å². The second kappa shape index (κ2) is 16.7. The molecule has 4 aromatic rings. The molecule has 0 aromatic heterocycles. The first-order chi connectivity index (χ1) is 25.4. The molecule has 1 saturated carbocycles. The van der Waals surface area contributed by atoms with Gasteiger partial charge in [0.15, 0.2) is 0 Å². The molecule has 1 aliphatic carbocycles. The standard InChI is InChI=1S/C39H39Cl2N3O8S/c1-50-39(47)26-12-8-11-25(19-26)23-52-42-37(45)35-31-21-28(51-22-24-9-4-3-5-10-24)16-18-29(31)38(46)44(36(35)30-17-15-27(40)20-32(30)41)34-14-7-6-13-33(34)43-53(2,48)49/h3-5,8-12,15-21,33-36,43H,6-7,13-14,22-23H2,1-2H3,(H,42,45)/t33-,34-,35+,36-/m0/s1. The highest BCUT2D eigenvalue weighted by Crippen LogP contribution is 2.48. The molecule has 4 aromatic carbocycles. The van der Waals surface area contributed by atoms with Crippen molar-refractivity contribution in [3.05, 3.63) is 134 Å². The number of amides is 2. The predicted molar refractivity (Wildman–Crippen MR) is 200 cm³/mol. The van der Waals surface area contributed by atoms with E-state index in [1.165, 1.54) is 7.11 Å². The third-order valence-electron chi connectivity index (χ3n) is 9.46. The molecule has 278 valence electrons. The Morgan fingerprint density at radius 3 is 2.36 bits per heavy atom. The second-order valence-corrected chi connectivity index (χ2v) is 15.7. The summed E-state index contributed by atoms with van der Waals surface area (Å²) in [7, 11) is -2.37. The highest BCUT2D eigenvalue weighted by atomic mass is 35.5. The molecule has 1 heterocycles. The van der Waals surface area contributed by atoms with Gasteiger partial charge in [0.1, 0.15) is 12.4 Å². The molecule has 11 nitrogen and oxygen atoms in total. The number of halogens is 2. The average molecular weight is 781 g/mol. The molecule has 1 fully saturated rings. The Bertz CT molecular complexity index is 2100. The van der Waals surface area contributed by atoms with Gasteiger partial charge in [-0.2, -0.15) is 0 Å². The Balaban J connectivity index is 1.43. The Hall–Kier alpha value is -4.46. The highest BCUT2D eigenvalue weighted by Gasteiger charge is 2.49. The van der Waals surface area contributed by atoms with Crippen LogP contribution in [0.5, 0.6) is 5.75 Å². The van der Waals surface area contributed by atoms with Gasteiger partial charge < -0.3 is 14.4 Å². The zero-order valence-electron chi connectivity index (χ0n) is 29.1. The molecule has 0 unspecified atom stereocenters. The maximum absolute atomic E-state index is 14.8. The fraction of sp³-hybridized carbons (Fsp3) is 0.308. The molecule has 0 spiro atoms. The molecule has 4 atom stereocenters. The number of sulfonamides is 1. The van der Waals surface area contributed by atoms with Crippen molar-refractivity contribution in [3.63, 3.8) is 0 Å². The van der Waals surface area contributed by atoms with E-state index in [1.54, 1.807) is 65.6 Å². The average Bonchev–Trinajstić information content (AvgIpc) is 3.14. The summed E-state index contributed by atoms with van der Waals surface area (Å²) >= 11 is 13.2. The number of carbonyl (C=O) groups excluding carboxylic acids is 3. The smallest absolute Gasteiger partial charge is 0.337 e. The normalized spacial score (nSPS) is 20.0. The van der Waals surface area contributed by atoms with E-state index in [0.717, 1.165) is 24.7 Å². The number of fused-ring (bicyclic) bond motifs is 1. The number of hydrogen-bond donors (Lipinski definition) is 2. The monoisotopic (exact) mass is 779 g/mol. The molecule has 6 rings (SSSR count). The van der Waals surface area contributed by atoms with Crippen LogP contribution in [-0.2, 0) is 37.6 Å². The summed E-state index contributed by atoms with van der Waals surface area (Å²) in [6.45, 7) is 0.159. The van der Waals surface area contributed by atoms with Crippen molar-refractivity contribution in [2.24, 2.45) is 0 Å². The summed E-state index contributed by atoms with van der Waals surface area (Å²) < 4.78 is 38.8. The van der Waals surface area contributed by atoms with Crippen LogP contribution in [0.3, 0.4) is 0 Å². The minimum absolute atomic E-state index is 0.0889. The predicted octanol–water partition coefficient (Wildman–Crippen LogP) is 6.75. The maximum atomic E-state index is 14.8. The van der Waals surface area contributed by atoms with Gasteiger partial charge in [-0.3, -0.25) is 14.4 Å². The number of benzene rings is 4. The summed E-state index contributed by atoms with van der Waals surface area (Å²) in [6.07, 6.45) is 3.56. The van der Waals surface area contributed by atoms with E-state index < -0.39 is 45.9 Å². The maximum Gasteiger partial charge on any atom is 0.337 e. The number of ether oxygens (including phenoxy) is 2. The first-order valence-electron chi connectivity index (χ1n) is 17.1. The van der Waals surface area contributed by atoms with Crippen molar-refractivity contribution in [2.45, 2.75) is 62.9 Å². The first-order valence-corrected chi connectivity index (χ1v) is 19.7. The summed E-state index contributed by atoms with van der Waals surface area (Å²) in [4.78, 5) is 48.9. The molecule has 0 saturated heterocycles. The van der Waals surface area contributed by atoms with Gasteiger partial charge in [0.2, 0.25) is 10.0 Å². The lowest BCUT2D eigenvalue weighted by atomic mass is 9.76. The largest absolute Gasteiger partial charge is 0.489 e. The van der Waals surface area contributed by atoms with Crippen LogP contribution in [0.2, 0.25) is 10.0 Å². The van der Waals surface area contributed by atoms with Crippen LogP contribution in [0, 0.1) is 0 Å². The lowest BCUT2D eigenvalue weighted by molar-refractivity contribution is -0.138. The van der Waals surface area contributed by atoms with Gasteiger partial charge in [-0.05, 0) is 77.6 Å². The van der Waals surface area contributed by atoms with Crippen molar-refractivity contribution in [1.29, 1.82) is 0 Å². The topological polar surface area (TPSA) is 140 Å². The van der Waals surface area contributed by atoms with E-state index in [2.05, 4.69) is 10.2 Å². The Labute approximate surface area is 318 Å². The van der Waals surface area contributed by atoms with Gasteiger partial charge in [0, 0.05) is 27.7 Å². The third-order valence-corrected chi connectivity index (χ3v) is 10.8. The van der Waals surface area contributed by atoms with Crippen LogP contribution in [-0.4, -0.2) is 56.6 Å². The minimum Gasteiger partial charge on any atom is -0.489 e. The zero-order valence-corrected chi connectivity index (χ0v) is 31.4. The van der Waals surface area contributed by atoms with Gasteiger partial charge in [-0.25, -0.2) is 23.4 Å². The van der Waals surface area contributed by atoms with Gasteiger partial charge in [0.25, 0.3) is 11.8 Å². The molecule has 0 bridgehead atoms. The van der Waals surface area contributed by atoms with Gasteiger partial charge >= 0.3 is 5.97 Å². The molecule has 2 amide bonds. The minimum atomic E-state index is -3.66. The summed E-state index contributed by atoms with van der Waals surface area (Å²) in [5, 5.41) is 0.583.